The molecule has 0 aromatic heterocycles. The van der Waals surface area contributed by atoms with Crippen LogP contribution in [0, 0.1) is 6.92 Å². The molecule has 3 aromatic carbocycles. The summed E-state index contributed by atoms with van der Waals surface area (Å²) in [7, 11) is 0. The van der Waals surface area contributed by atoms with Gasteiger partial charge in [0.05, 0.1) is 4.47 Å². The maximum atomic E-state index is 13.8. The SMILES string of the molecule is CC[C@H](C)NC(=O)[C@@H](Cc1ccccc1)N(Cc1ccccc1C)C(=O)COc1ccc(C(C)C)cc1Br. The number of amides is 2. The van der Waals surface area contributed by atoms with Crippen LogP contribution in [0.15, 0.2) is 77.3 Å². The van der Waals surface area contributed by atoms with E-state index in [1.54, 1.807) is 4.90 Å². The van der Waals surface area contributed by atoms with Gasteiger partial charge in [-0.3, -0.25) is 9.59 Å². The van der Waals surface area contributed by atoms with Gasteiger partial charge >= 0.3 is 0 Å². The first-order valence-electron chi connectivity index (χ1n) is 13.3. The Bertz CT molecular complexity index is 1210. The van der Waals surface area contributed by atoms with Crippen molar-refractivity contribution in [3.05, 3.63) is 99.5 Å². The third kappa shape index (κ3) is 8.19. The van der Waals surface area contributed by atoms with E-state index in [0.29, 0.717) is 24.6 Å². The summed E-state index contributed by atoms with van der Waals surface area (Å²) in [5.41, 5.74) is 4.24. The fraction of sp³-hybridized carbons (Fsp3) is 0.375. The molecular weight excluding hydrogens is 540 g/mol. The lowest BCUT2D eigenvalue weighted by atomic mass is 10.0. The fourth-order valence-corrected chi connectivity index (χ4v) is 4.69. The van der Waals surface area contributed by atoms with Gasteiger partial charge < -0.3 is 15.0 Å². The average molecular weight is 580 g/mol. The molecule has 38 heavy (non-hydrogen) atoms. The molecule has 202 valence electrons. The number of ether oxygens (including phenoxy) is 1. The predicted octanol–water partition coefficient (Wildman–Crippen LogP) is 6.81. The van der Waals surface area contributed by atoms with Gasteiger partial charge in [0.2, 0.25) is 5.91 Å². The van der Waals surface area contributed by atoms with Crippen molar-refractivity contribution in [3.8, 4) is 5.75 Å². The van der Waals surface area contributed by atoms with Crippen LogP contribution < -0.4 is 10.1 Å². The number of hydrogen-bond acceptors (Lipinski definition) is 3. The van der Waals surface area contributed by atoms with Crippen LogP contribution in [0.2, 0.25) is 0 Å². The molecular formula is C32H39BrN2O3. The summed E-state index contributed by atoms with van der Waals surface area (Å²) in [6.07, 6.45) is 1.21. The maximum Gasteiger partial charge on any atom is 0.261 e. The van der Waals surface area contributed by atoms with E-state index in [0.717, 1.165) is 27.6 Å². The smallest absolute Gasteiger partial charge is 0.261 e. The topological polar surface area (TPSA) is 58.6 Å². The normalized spacial score (nSPS) is 12.6. The highest BCUT2D eigenvalue weighted by Gasteiger charge is 2.31. The van der Waals surface area contributed by atoms with Crippen LogP contribution in [0.4, 0.5) is 0 Å². The highest BCUT2D eigenvalue weighted by Crippen LogP contribution is 2.29. The lowest BCUT2D eigenvalue weighted by Crippen LogP contribution is -2.53. The van der Waals surface area contributed by atoms with E-state index in [1.807, 2.05) is 93.6 Å². The maximum absolute atomic E-state index is 13.8. The molecule has 3 rings (SSSR count). The average Bonchev–Trinajstić information content (AvgIpc) is 2.91. The van der Waals surface area contributed by atoms with E-state index in [4.69, 9.17) is 4.74 Å². The number of aryl methyl sites for hydroxylation is 1. The van der Waals surface area contributed by atoms with Crippen LogP contribution in [0.5, 0.6) is 5.75 Å². The van der Waals surface area contributed by atoms with Crippen LogP contribution in [0.1, 0.15) is 62.3 Å². The van der Waals surface area contributed by atoms with E-state index >= 15 is 0 Å². The van der Waals surface area contributed by atoms with Crippen molar-refractivity contribution in [3.63, 3.8) is 0 Å². The molecule has 0 saturated carbocycles. The Morgan fingerprint density at radius 2 is 1.66 bits per heavy atom. The minimum atomic E-state index is -0.686. The quantitative estimate of drug-likeness (QED) is 0.256. The van der Waals surface area contributed by atoms with Gasteiger partial charge in [-0.25, -0.2) is 0 Å². The van der Waals surface area contributed by atoms with Crippen LogP contribution in [0.25, 0.3) is 0 Å². The van der Waals surface area contributed by atoms with Crippen molar-refractivity contribution < 1.29 is 14.3 Å². The van der Waals surface area contributed by atoms with Crippen LogP contribution in [-0.2, 0) is 22.6 Å². The molecule has 0 aliphatic carbocycles. The van der Waals surface area contributed by atoms with Gasteiger partial charge in [-0.1, -0.05) is 81.4 Å². The van der Waals surface area contributed by atoms with Gasteiger partial charge in [0.25, 0.3) is 5.91 Å². The van der Waals surface area contributed by atoms with E-state index in [-0.39, 0.29) is 24.5 Å². The zero-order valence-corrected chi connectivity index (χ0v) is 24.6. The first-order chi connectivity index (χ1) is 18.2. The summed E-state index contributed by atoms with van der Waals surface area (Å²) >= 11 is 3.58. The highest BCUT2D eigenvalue weighted by molar-refractivity contribution is 9.10. The molecule has 0 aliphatic rings. The van der Waals surface area contributed by atoms with Crippen molar-refractivity contribution in [1.82, 2.24) is 10.2 Å². The van der Waals surface area contributed by atoms with Gasteiger partial charge in [-0.15, -0.1) is 0 Å². The van der Waals surface area contributed by atoms with E-state index < -0.39 is 6.04 Å². The Hall–Kier alpha value is -3.12. The summed E-state index contributed by atoms with van der Waals surface area (Å²) in [5, 5.41) is 3.10. The standard InChI is InChI=1S/C32H39BrN2O3/c1-6-24(5)34-32(37)29(18-25-13-8-7-9-14-25)35(20-27-15-11-10-12-23(27)4)31(36)21-38-30-17-16-26(22(2)3)19-28(30)33/h7-17,19,22,24,29H,6,18,20-21H2,1-5H3,(H,34,37)/t24-,29+/m0/s1. The second-order valence-corrected chi connectivity index (χ2v) is 11.0. The molecule has 0 fully saturated rings. The second-order valence-electron chi connectivity index (χ2n) is 10.1. The van der Waals surface area contributed by atoms with E-state index in [9.17, 15) is 9.59 Å². The van der Waals surface area contributed by atoms with Crippen molar-refractivity contribution in [2.24, 2.45) is 0 Å². The Kier molecular flexibility index (Phi) is 11.0. The summed E-state index contributed by atoms with van der Waals surface area (Å²) in [4.78, 5) is 29.1. The second kappa shape index (κ2) is 14.1. The van der Waals surface area contributed by atoms with E-state index in [1.165, 1.54) is 5.56 Å². The fourth-order valence-electron chi connectivity index (χ4n) is 4.18. The molecule has 0 aliphatic heterocycles. The molecule has 6 heteroatoms. The third-order valence-electron chi connectivity index (χ3n) is 6.85. The number of carbonyl (C=O) groups excluding carboxylic acids is 2. The summed E-state index contributed by atoms with van der Waals surface area (Å²) in [6, 6.07) is 23.0. The predicted molar refractivity (Wildman–Crippen MR) is 157 cm³/mol. The number of hydrogen-bond donors (Lipinski definition) is 1. The number of nitrogens with zero attached hydrogens (tertiary/aromatic N) is 1. The Balaban J connectivity index is 1.92. The summed E-state index contributed by atoms with van der Waals surface area (Å²) in [5.74, 6) is 0.581. The van der Waals surface area contributed by atoms with E-state index in [2.05, 4.69) is 35.1 Å². The monoisotopic (exact) mass is 578 g/mol. The highest BCUT2D eigenvalue weighted by atomic mass is 79.9. The first-order valence-corrected chi connectivity index (χ1v) is 14.1. The van der Waals surface area contributed by atoms with Gasteiger partial charge in [-0.2, -0.15) is 0 Å². The third-order valence-corrected chi connectivity index (χ3v) is 7.47. The lowest BCUT2D eigenvalue weighted by Gasteiger charge is -2.32. The summed E-state index contributed by atoms with van der Waals surface area (Å²) in [6.45, 7) is 10.4. The number of rotatable bonds is 12. The zero-order valence-electron chi connectivity index (χ0n) is 23.0. The molecule has 0 spiro atoms. The zero-order chi connectivity index (χ0) is 27.7. The first kappa shape index (κ1) is 29.4. The molecule has 0 bridgehead atoms. The number of nitrogens with one attached hydrogen (secondary N) is 1. The molecule has 2 amide bonds. The molecule has 3 aromatic rings. The molecule has 0 saturated heterocycles. The summed E-state index contributed by atoms with van der Waals surface area (Å²) < 4.78 is 6.80. The van der Waals surface area contributed by atoms with Gasteiger partial charge in [0.15, 0.2) is 6.61 Å². The Morgan fingerprint density at radius 3 is 2.29 bits per heavy atom. The van der Waals surface area contributed by atoms with Crippen molar-refractivity contribution in [1.29, 1.82) is 0 Å². The van der Waals surface area contributed by atoms with Gasteiger partial charge in [0.1, 0.15) is 11.8 Å². The Labute approximate surface area is 235 Å². The minimum Gasteiger partial charge on any atom is -0.483 e. The molecule has 0 unspecified atom stereocenters. The largest absolute Gasteiger partial charge is 0.483 e. The molecule has 5 nitrogen and oxygen atoms in total. The molecule has 2 atom stereocenters. The van der Waals surface area contributed by atoms with Crippen LogP contribution in [0.3, 0.4) is 0 Å². The lowest BCUT2D eigenvalue weighted by molar-refractivity contribution is -0.143. The van der Waals surface area contributed by atoms with Crippen molar-refractivity contribution in [2.75, 3.05) is 6.61 Å². The molecule has 0 radical (unpaired) electrons. The number of carbonyl (C=O) groups is 2. The number of benzene rings is 3. The van der Waals surface area contributed by atoms with Gasteiger partial charge in [-0.05, 0) is 76.5 Å². The molecule has 0 heterocycles. The number of halogens is 1. The van der Waals surface area contributed by atoms with Gasteiger partial charge in [0, 0.05) is 19.0 Å². The van der Waals surface area contributed by atoms with Crippen LogP contribution in [-0.4, -0.2) is 35.4 Å². The Morgan fingerprint density at radius 1 is 0.974 bits per heavy atom. The van der Waals surface area contributed by atoms with Crippen LogP contribution >= 0.6 is 15.9 Å². The minimum absolute atomic E-state index is 0.00265. The van der Waals surface area contributed by atoms with Crippen molar-refractivity contribution >= 4 is 27.7 Å². The van der Waals surface area contributed by atoms with Crippen molar-refractivity contribution in [2.45, 2.75) is 72.0 Å². The molecule has 1 N–H and O–H groups in total.